The molecular weight excluding hydrogens is 560 g/mol. The number of carboxylic acids is 2. The van der Waals surface area contributed by atoms with Gasteiger partial charge in [0, 0.05) is 36.4 Å². The third kappa shape index (κ3) is 9.67. The van der Waals surface area contributed by atoms with Crippen LogP contribution in [0.25, 0.3) is 10.9 Å². The Hall–Kier alpha value is -5.24. The van der Waals surface area contributed by atoms with E-state index in [-0.39, 0.29) is 25.7 Å². The number of carboxylic acid groups (broad SMARTS) is 2. The van der Waals surface area contributed by atoms with Crippen LogP contribution in [-0.4, -0.2) is 74.9 Å². The summed E-state index contributed by atoms with van der Waals surface area (Å²) in [6.45, 7) is 0. The Balaban J connectivity index is 1.80. The lowest BCUT2D eigenvalue weighted by atomic mass is 10.0. The number of carbonyl (C=O) groups is 6. The summed E-state index contributed by atoms with van der Waals surface area (Å²) in [5.41, 5.74) is 12.9. The Morgan fingerprint density at radius 3 is 2.02 bits per heavy atom. The fourth-order valence-corrected chi connectivity index (χ4v) is 4.42. The Labute approximate surface area is 246 Å². The third-order valence-corrected chi connectivity index (χ3v) is 6.68. The first-order valence-corrected chi connectivity index (χ1v) is 13.4. The number of hydrogen-bond donors (Lipinski definition) is 8. The zero-order chi connectivity index (χ0) is 31.5. The minimum absolute atomic E-state index is 0.0576. The lowest BCUT2D eigenvalue weighted by Crippen LogP contribution is -2.58. The quantitative estimate of drug-likeness (QED) is 0.107. The molecular formula is C29H34N6O8. The molecule has 14 nitrogen and oxygen atoms in total. The molecule has 4 atom stereocenters. The first-order valence-electron chi connectivity index (χ1n) is 13.4. The number of carbonyl (C=O) groups excluding carboxylic acids is 4. The van der Waals surface area contributed by atoms with Gasteiger partial charge in [0.1, 0.15) is 18.1 Å². The van der Waals surface area contributed by atoms with Crippen molar-refractivity contribution in [2.45, 2.75) is 56.3 Å². The van der Waals surface area contributed by atoms with Crippen molar-refractivity contribution in [1.82, 2.24) is 20.9 Å². The van der Waals surface area contributed by atoms with E-state index in [0.717, 1.165) is 10.9 Å². The predicted molar refractivity (Wildman–Crippen MR) is 154 cm³/mol. The predicted octanol–water partition coefficient (Wildman–Crippen LogP) is -0.440. The fourth-order valence-electron chi connectivity index (χ4n) is 4.42. The highest BCUT2D eigenvalue weighted by molar-refractivity contribution is 5.96. The molecule has 1 heterocycles. The highest BCUT2D eigenvalue weighted by atomic mass is 16.4. The number of nitrogens with two attached hydrogens (primary N) is 2. The number of hydrogen-bond acceptors (Lipinski definition) is 7. The summed E-state index contributed by atoms with van der Waals surface area (Å²) >= 11 is 0. The molecule has 43 heavy (non-hydrogen) atoms. The molecule has 2 aromatic carbocycles. The molecule has 0 saturated heterocycles. The highest BCUT2D eigenvalue weighted by Gasteiger charge is 2.32. The van der Waals surface area contributed by atoms with Crippen molar-refractivity contribution < 1.29 is 39.0 Å². The van der Waals surface area contributed by atoms with E-state index < -0.39 is 66.2 Å². The second kappa shape index (κ2) is 15.1. The van der Waals surface area contributed by atoms with Crippen molar-refractivity contribution in [3.63, 3.8) is 0 Å². The normalized spacial score (nSPS) is 13.7. The van der Waals surface area contributed by atoms with Crippen LogP contribution in [0.3, 0.4) is 0 Å². The number of aliphatic carboxylic acids is 2. The summed E-state index contributed by atoms with van der Waals surface area (Å²) < 4.78 is 0. The number of benzene rings is 2. The zero-order valence-electron chi connectivity index (χ0n) is 23.1. The summed E-state index contributed by atoms with van der Waals surface area (Å²) in [4.78, 5) is 76.9. The Kier molecular flexibility index (Phi) is 11.3. The summed E-state index contributed by atoms with van der Waals surface area (Å²) in [6.07, 6.45) is 0.366. The number of nitrogens with one attached hydrogen (secondary N) is 4. The molecule has 4 unspecified atom stereocenters. The van der Waals surface area contributed by atoms with E-state index in [0.29, 0.717) is 11.1 Å². The van der Waals surface area contributed by atoms with Crippen LogP contribution in [0.15, 0.2) is 60.8 Å². The van der Waals surface area contributed by atoms with Crippen LogP contribution >= 0.6 is 0 Å². The number of H-pyrrole nitrogens is 1. The van der Waals surface area contributed by atoms with E-state index in [4.69, 9.17) is 11.5 Å². The maximum Gasteiger partial charge on any atom is 0.326 e. The number of rotatable bonds is 16. The number of amides is 4. The van der Waals surface area contributed by atoms with Crippen LogP contribution in [0.2, 0.25) is 0 Å². The van der Waals surface area contributed by atoms with Crippen molar-refractivity contribution in [2.24, 2.45) is 11.5 Å². The topological polar surface area (TPSA) is 247 Å². The van der Waals surface area contributed by atoms with Crippen LogP contribution < -0.4 is 27.4 Å². The van der Waals surface area contributed by atoms with Crippen molar-refractivity contribution in [3.05, 3.63) is 71.9 Å². The summed E-state index contributed by atoms with van der Waals surface area (Å²) in [5.74, 6) is -6.14. The van der Waals surface area contributed by atoms with Gasteiger partial charge in [0.25, 0.3) is 0 Å². The van der Waals surface area contributed by atoms with Crippen LogP contribution in [-0.2, 0) is 41.6 Å². The van der Waals surface area contributed by atoms with Gasteiger partial charge < -0.3 is 42.6 Å². The summed E-state index contributed by atoms with van der Waals surface area (Å²) in [7, 11) is 0. The van der Waals surface area contributed by atoms with E-state index in [1.807, 2.05) is 18.2 Å². The van der Waals surface area contributed by atoms with Gasteiger partial charge in [-0.2, -0.15) is 0 Å². The van der Waals surface area contributed by atoms with Gasteiger partial charge in [-0.25, -0.2) is 4.79 Å². The molecule has 228 valence electrons. The van der Waals surface area contributed by atoms with Gasteiger partial charge in [0.2, 0.25) is 23.6 Å². The molecule has 0 aliphatic heterocycles. The van der Waals surface area contributed by atoms with Gasteiger partial charge in [-0.15, -0.1) is 0 Å². The zero-order valence-corrected chi connectivity index (χ0v) is 23.1. The first-order chi connectivity index (χ1) is 20.4. The standard InChI is InChI=1S/C29H34N6O8/c30-19(10-11-24(31)36)26(39)33-22(14-25(37)38)28(41)34-21(12-16-6-2-1-3-7-16)27(40)35-23(29(42)43)13-17-15-32-20-9-5-4-8-18(17)20/h1-9,15,19,21-23,32H,10-14,30H2,(H2,31,36)(H,33,39)(H,34,41)(H,35,40)(H,37,38)(H,42,43). The van der Waals surface area contributed by atoms with E-state index in [2.05, 4.69) is 20.9 Å². The van der Waals surface area contributed by atoms with Gasteiger partial charge in [-0.3, -0.25) is 24.0 Å². The average Bonchev–Trinajstić information content (AvgIpc) is 3.37. The molecule has 0 aliphatic rings. The van der Waals surface area contributed by atoms with Gasteiger partial charge in [0.15, 0.2) is 0 Å². The minimum Gasteiger partial charge on any atom is -0.481 e. The average molecular weight is 595 g/mol. The Bertz CT molecular complexity index is 1470. The molecule has 14 heteroatoms. The Morgan fingerprint density at radius 2 is 1.37 bits per heavy atom. The van der Waals surface area contributed by atoms with Gasteiger partial charge in [-0.1, -0.05) is 48.5 Å². The maximum absolute atomic E-state index is 13.4. The number of fused-ring (bicyclic) bond motifs is 1. The molecule has 0 aliphatic carbocycles. The van der Waals surface area contributed by atoms with Crippen molar-refractivity contribution in [3.8, 4) is 0 Å². The van der Waals surface area contributed by atoms with Crippen LogP contribution in [0, 0.1) is 0 Å². The second-order valence-electron chi connectivity index (χ2n) is 9.98. The number of aromatic nitrogens is 1. The molecule has 3 rings (SSSR count). The SMILES string of the molecule is NC(=O)CCC(N)C(=O)NC(CC(=O)O)C(=O)NC(Cc1ccccc1)C(=O)NC(Cc1c[nH]c2ccccc12)C(=O)O. The van der Waals surface area contributed by atoms with Crippen LogP contribution in [0.4, 0.5) is 0 Å². The molecule has 0 bridgehead atoms. The number of para-hydroxylation sites is 1. The molecule has 0 radical (unpaired) electrons. The maximum atomic E-state index is 13.4. The van der Waals surface area contributed by atoms with Crippen molar-refractivity contribution in [2.75, 3.05) is 0 Å². The fraction of sp³-hybridized carbons (Fsp3) is 0.310. The third-order valence-electron chi connectivity index (χ3n) is 6.68. The Morgan fingerprint density at radius 1 is 0.767 bits per heavy atom. The van der Waals surface area contributed by atoms with Gasteiger partial charge in [0.05, 0.1) is 12.5 Å². The molecule has 0 saturated carbocycles. The molecule has 1 aromatic heterocycles. The largest absolute Gasteiger partial charge is 0.481 e. The molecule has 4 amide bonds. The van der Waals surface area contributed by atoms with Crippen LogP contribution in [0.1, 0.15) is 30.4 Å². The van der Waals surface area contributed by atoms with E-state index >= 15 is 0 Å². The lowest BCUT2D eigenvalue weighted by molar-refractivity contribution is -0.143. The van der Waals surface area contributed by atoms with E-state index in [9.17, 15) is 39.0 Å². The number of aromatic amines is 1. The first kappa shape index (κ1) is 32.3. The van der Waals surface area contributed by atoms with Crippen molar-refractivity contribution >= 4 is 46.5 Å². The van der Waals surface area contributed by atoms with Crippen molar-refractivity contribution in [1.29, 1.82) is 0 Å². The van der Waals surface area contributed by atoms with E-state index in [1.54, 1.807) is 42.6 Å². The van der Waals surface area contributed by atoms with Gasteiger partial charge >= 0.3 is 11.9 Å². The second-order valence-corrected chi connectivity index (χ2v) is 9.98. The molecule has 0 spiro atoms. The lowest BCUT2D eigenvalue weighted by Gasteiger charge is -2.25. The molecule has 10 N–H and O–H groups in total. The summed E-state index contributed by atoms with van der Waals surface area (Å²) in [5, 5.41) is 27.2. The molecule has 0 fully saturated rings. The van der Waals surface area contributed by atoms with E-state index in [1.165, 1.54) is 0 Å². The smallest absolute Gasteiger partial charge is 0.326 e. The highest BCUT2D eigenvalue weighted by Crippen LogP contribution is 2.19. The summed E-state index contributed by atoms with van der Waals surface area (Å²) in [6, 6.07) is 10.3. The van der Waals surface area contributed by atoms with Gasteiger partial charge in [-0.05, 0) is 23.6 Å². The van der Waals surface area contributed by atoms with Crippen LogP contribution in [0.5, 0.6) is 0 Å². The number of primary amides is 1. The molecule has 3 aromatic rings. The minimum atomic E-state index is -1.63. The monoisotopic (exact) mass is 594 g/mol.